The van der Waals surface area contributed by atoms with E-state index in [-0.39, 0.29) is 0 Å². The van der Waals surface area contributed by atoms with Crippen LogP contribution in [0.4, 0.5) is 11.4 Å². The number of nitrogens with zero attached hydrogens (tertiary/aromatic N) is 1. The van der Waals surface area contributed by atoms with Gasteiger partial charge in [0, 0.05) is 37.6 Å². The number of hydrogen-bond donors (Lipinski definition) is 2. The molecule has 0 radical (unpaired) electrons. The van der Waals surface area contributed by atoms with Crippen molar-refractivity contribution in [3.05, 3.63) is 59.7 Å². The molecule has 2 amide bonds. The molecule has 0 bridgehead atoms. The molecule has 0 unspecified atom stereocenters. The molecule has 0 atom stereocenters. The van der Waals surface area contributed by atoms with Crippen molar-refractivity contribution < 1.29 is 9.59 Å². The van der Waals surface area contributed by atoms with Crippen molar-refractivity contribution in [2.45, 2.75) is 6.42 Å². The number of rotatable bonds is 5. The van der Waals surface area contributed by atoms with Gasteiger partial charge < -0.3 is 15.5 Å². The number of anilines is 2. The molecule has 2 aromatic rings. The molecule has 2 aromatic carbocycles. The molecule has 0 saturated carbocycles. The number of hydrogen-bond acceptors (Lipinski definition) is 3. The molecule has 0 aliphatic heterocycles. The highest BCUT2D eigenvalue weighted by Gasteiger charge is 2.13. The number of carbonyl (C=O) groups is 2. The van der Waals surface area contributed by atoms with Gasteiger partial charge in [0.2, 0.25) is 0 Å². The molecule has 0 saturated heterocycles. The third-order valence-corrected chi connectivity index (χ3v) is 3.65. The van der Waals surface area contributed by atoms with Crippen LogP contribution in [0.5, 0.6) is 0 Å². The van der Waals surface area contributed by atoms with Gasteiger partial charge in [-0.3, -0.25) is 9.59 Å². The molecular formula is C20H21N3O2. The van der Waals surface area contributed by atoms with E-state index >= 15 is 0 Å². The van der Waals surface area contributed by atoms with Crippen LogP contribution in [0.15, 0.2) is 48.5 Å². The summed E-state index contributed by atoms with van der Waals surface area (Å²) in [6, 6.07) is 14.8. The van der Waals surface area contributed by atoms with Crippen LogP contribution in [0.1, 0.15) is 11.1 Å². The van der Waals surface area contributed by atoms with E-state index in [9.17, 15) is 9.59 Å². The minimum Gasteiger partial charge on any atom is -0.378 e. The normalized spacial score (nSPS) is 9.80. The molecule has 2 rings (SSSR count). The van der Waals surface area contributed by atoms with Crippen LogP contribution in [0.25, 0.3) is 0 Å². The van der Waals surface area contributed by atoms with Crippen molar-refractivity contribution in [3.8, 4) is 12.3 Å². The lowest BCUT2D eigenvalue weighted by molar-refractivity contribution is -0.136. The van der Waals surface area contributed by atoms with Crippen LogP contribution < -0.4 is 15.5 Å². The SMILES string of the molecule is C#Cc1cccc(NC(=O)C(=O)NCCc2ccc(N(C)C)cc2)c1. The van der Waals surface area contributed by atoms with Gasteiger partial charge in [-0.15, -0.1) is 6.42 Å². The second kappa shape index (κ2) is 8.55. The number of carbonyl (C=O) groups excluding carboxylic acids is 2. The maximum absolute atomic E-state index is 11.9. The van der Waals surface area contributed by atoms with Crippen LogP contribution in [-0.2, 0) is 16.0 Å². The Morgan fingerprint density at radius 2 is 1.80 bits per heavy atom. The Bertz CT molecular complexity index is 789. The third-order valence-electron chi connectivity index (χ3n) is 3.65. The Labute approximate surface area is 148 Å². The zero-order valence-corrected chi connectivity index (χ0v) is 14.4. The topological polar surface area (TPSA) is 61.4 Å². The number of amides is 2. The lowest BCUT2D eigenvalue weighted by Crippen LogP contribution is -2.36. The van der Waals surface area contributed by atoms with Gasteiger partial charge in [0.15, 0.2) is 0 Å². The number of benzene rings is 2. The van der Waals surface area contributed by atoms with E-state index in [1.54, 1.807) is 24.3 Å². The molecule has 5 nitrogen and oxygen atoms in total. The molecule has 25 heavy (non-hydrogen) atoms. The maximum Gasteiger partial charge on any atom is 0.313 e. The highest BCUT2D eigenvalue weighted by molar-refractivity contribution is 6.39. The van der Waals surface area contributed by atoms with Crippen molar-refractivity contribution >= 4 is 23.2 Å². The van der Waals surface area contributed by atoms with Crippen molar-refractivity contribution in [3.63, 3.8) is 0 Å². The maximum atomic E-state index is 11.9. The van der Waals surface area contributed by atoms with E-state index in [0.717, 1.165) is 11.3 Å². The summed E-state index contributed by atoms with van der Waals surface area (Å²) in [5, 5.41) is 5.15. The van der Waals surface area contributed by atoms with E-state index in [0.29, 0.717) is 24.2 Å². The van der Waals surface area contributed by atoms with Gasteiger partial charge >= 0.3 is 11.8 Å². The molecular weight excluding hydrogens is 314 g/mol. The first kappa shape index (κ1) is 18.1. The number of terminal acetylenes is 1. The molecule has 0 spiro atoms. The Hall–Kier alpha value is -3.26. The van der Waals surface area contributed by atoms with Gasteiger partial charge in [-0.1, -0.05) is 24.1 Å². The second-order valence-corrected chi connectivity index (χ2v) is 5.75. The van der Waals surface area contributed by atoms with Crippen LogP contribution in [0.2, 0.25) is 0 Å². The average Bonchev–Trinajstić information content (AvgIpc) is 2.62. The summed E-state index contributed by atoms with van der Waals surface area (Å²) >= 11 is 0. The summed E-state index contributed by atoms with van der Waals surface area (Å²) in [4.78, 5) is 25.8. The standard InChI is InChI=1S/C20H21N3O2/c1-4-15-6-5-7-17(14-15)22-20(25)19(24)21-13-12-16-8-10-18(11-9-16)23(2)3/h1,5-11,14H,12-13H2,2-3H3,(H,21,24)(H,22,25). The molecule has 0 fully saturated rings. The van der Waals surface area contributed by atoms with Crippen molar-refractivity contribution in [1.82, 2.24) is 5.32 Å². The quantitative estimate of drug-likeness (QED) is 0.649. The summed E-state index contributed by atoms with van der Waals surface area (Å²) in [5.74, 6) is 1.10. The minimum absolute atomic E-state index is 0.387. The highest BCUT2D eigenvalue weighted by Crippen LogP contribution is 2.12. The van der Waals surface area contributed by atoms with Crippen molar-refractivity contribution in [2.24, 2.45) is 0 Å². The van der Waals surface area contributed by atoms with Crippen LogP contribution >= 0.6 is 0 Å². The van der Waals surface area contributed by atoms with E-state index in [1.165, 1.54) is 0 Å². The molecule has 0 heterocycles. The Balaban J connectivity index is 1.81. The first-order chi connectivity index (χ1) is 12.0. The summed E-state index contributed by atoms with van der Waals surface area (Å²) in [5.41, 5.74) is 3.34. The third kappa shape index (κ3) is 5.40. The zero-order chi connectivity index (χ0) is 18.2. The summed E-state index contributed by atoms with van der Waals surface area (Å²) in [7, 11) is 3.96. The fourth-order valence-electron chi connectivity index (χ4n) is 2.24. The summed E-state index contributed by atoms with van der Waals surface area (Å²) < 4.78 is 0. The van der Waals surface area contributed by atoms with Gasteiger partial charge in [0.1, 0.15) is 0 Å². The molecule has 128 valence electrons. The second-order valence-electron chi connectivity index (χ2n) is 5.75. The average molecular weight is 335 g/mol. The van der Waals surface area contributed by atoms with Crippen molar-refractivity contribution in [2.75, 3.05) is 30.9 Å². The van der Waals surface area contributed by atoms with Gasteiger partial charge in [-0.25, -0.2) is 0 Å². The van der Waals surface area contributed by atoms with E-state index in [2.05, 4.69) is 16.6 Å². The fraction of sp³-hybridized carbons (Fsp3) is 0.200. The Morgan fingerprint density at radius 3 is 2.44 bits per heavy atom. The fourth-order valence-corrected chi connectivity index (χ4v) is 2.24. The van der Waals surface area contributed by atoms with Crippen molar-refractivity contribution in [1.29, 1.82) is 0 Å². The predicted octanol–water partition coefficient (Wildman–Crippen LogP) is 2.03. The lowest BCUT2D eigenvalue weighted by atomic mass is 10.1. The van der Waals surface area contributed by atoms with Crippen LogP contribution in [0.3, 0.4) is 0 Å². The number of nitrogens with one attached hydrogen (secondary N) is 2. The monoisotopic (exact) mass is 335 g/mol. The zero-order valence-electron chi connectivity index (χ0n) is 14.4. The van der Waals surface area contributed by atoms with Gasteiger partial charge in [0.05, 0.1) is 0 Å². The lowest BCUT2D eigenvalue weighted by Gasteiger charge is -2.12. The van der Waals surface area contributed by atoms with Crippen LogP contribution in [0, 0.1) is 12.3 Å². The molecule has 2 N–H and O–H groups in total. The summed E-state index contributed by atoms with van der Waals surface area (Å²) in [6.07, 6.45) is 5.96. The smallest absolute Gasteiger partial charge is 0.313 e. The molecule has 0 aliphatic carbocycles. The largest absolute Gasteiger partial charge is 0.378 e. The van der Waals surface area contributed by atoms with Gasteiger partial charge in [-0.05, 0) is 42.3 Å². The first-order valence-corrected chi connectivity index (χ1v) is 7.91. The predicted molar refractivity (Wildman–Crippen MR) is 100 cm³/mol. The first-order valence-electron chi connectivity index (χ1n) is 7.91. The minimum atomic E-state index is -0.711. The van der Waals surface area contributed by atoms with E-state index in [4.69, 9.17) is 6.42 Å². The van der Waals surface area contributed by atoms with Gasteiger partial charge in [-0.2, -0.15) is 0 Å². The highest BCUT2D eigenvalue weighted by atomic mass is 16.2. The van der Waals surface area contributed by atoms with Crippen LogP contribution in [-0.4, -0.2) is 32.5 Å². The molecule has 0 aromatic heterocycles. The molecule has 0 aliphatic rings. The summed E-state index contributed by atoms with van der Waals surface area (Å²) in [6.45, 7) is 0.387. The Kier molecular flexibility index (Phi) is 6.19. The Morgan fingerprint density at radius 1 is 1.08 bits per heavy atom. The van der Waals surface area contributed by atoms with E-state index < -0.39 is 11.8 Å². The van der Waals surface area contributed by atoms with Gasteiger partial charge in [0.25, 0.3) is 0 Å². The molecule has 5 heteroatoms. The van der Waals surface area contributed by atoms with E-state index in [1.807, 2.05) is 43.3 Å².